The van der Waals surface area contributed by atoms with E-state index >= 15 is 0 Å². The minimum Gasteiger partial charge on any atom is -0.349 e. The van der Waals surface area contributed by atoms with Gasteiger partial charge in [0.1, 0.15) is 0 Å². The number of nitrogens with one attached hydrogen (secondary N) is 2. The quantitative estimate of drug-likeness (QED) is 0.769. The van der Waals surface area contributed by atoms with Crippen molar-refractivity contribution in [3.05, 3.63) is 65.7 Å². The Balaban J connectivity index is 1.51. The van der Waals surface area contributed by atoms with E-state index in [1.165, 1.54) is 24.8 Å². The van der Waals surface area contributed by atoms with Crippen LogP contribution in [0.5, 0.6) is 0 Å². The molecule has 5 nitrogen and oxygen atoms in total. The Morgan fingerprint density at radius 1 is 1.00 bits per heavy atom. The minimum atomic E-state index is -0.0942. The van der Waals surface area contributed by atoms with E-state index in [2.05, 4.69) is 10.6 Å². The molecule has 0 saturated heterocycles. The zero-order valence-electron chi connectivity index (χ0n) is 16.5. The molecule has 2 aromatic carbocycles. The molecule has 28 heavy (non-hydrogen) atoms. The van der Waals surface area contributed by atoms with Crippen molar-refractivity contribution in [1.82, 2.24) is 10.2 Å². The number of rotatable bonds is 7. The molecule has 1 aliphatic rings. The molecule has 148 valence electrons. The van der Waals surface area contributed by atoms with Crippen molar-refractivity contribution in [3.8, 4) is 0 Å². The van der Waals surface area contributed by atoms with Crippen LogP contribution in [-0.2, 0) is 11.3 Å². The van der Waals surface area contributed by atoms with Gasteiger partial charge in [0.15, 0.2) is 0 Å². The number of nitrogens with zero attached hydrogens (tertiary/aromatic N) is 1. The predicted molar refractivity (Wildman–Crippen MR) is 112 cm³/mol. The molecule has 0 spiro atoms. The van der Waals surface area contributed by atoms with Gasteiger partial charge in [0.05, 0.1) is 6.54 Å². The predicted octanol–water partition coefficient (Wildman–Crippen LogP) is 3.82. The Morgan fingerprint density at radius 2 is 1.75 bits per heavy atom. The number of benzene rings is 2. The third kappa shape index (κ3) is 6.20. The lowest BCUT2D eigenvalue weighted by atomic mass is 9.95. The number of carbonyl (C=O) groups is 2. The highest BCUT2D eigenvalue weighted by Gasteiger charge is 2.17. The van der Waals surface area contributed by atoms with Crippen LogP contribution in [0.2, 0.25) is 0 Å². The molecule has 0 aromatic heterocycles. The molecule has 2 amide bonds. The summed E-state index contributed by atoms with van der Waals surface area (Å²) in [6, 6.07) is 17.5. The molecule has 0 aliphatic heterocycles. The molecule has 1 fully saturated rings. The van der Waals surface area contributed by atoms with E-state index in [1.807, 2.05) is 48.3 Å². The molecule has 1 saturated carbocycles. The van der Waals surface area contributed by atoms with Crippen molar-refractivity contribution in [2.24, 2.45) is 0 Å². The third-order valence-corrected chi connectivity index (χ3v) is 5.06. The number of amides is 2. The monoisotopic (exact) mass is 379 g/mol. The Kier molecular flexibility index (Phi) is 7.20. The van der Waals surface area contributed by atoms with E-state index in [4.69, 9.17) is 0 Å². The molecule has 0 bridgehead atoms. The molecule has 3 rings (SSSR count). The second-order valence-electron chi connectivity index (χ2n) is 7.60. The first kappa shape index (κ1) is 20.1. The van der Waals surface area contributed by atoms with Gasteiger partial charge >= 0.3 is 0 Å². The van der Waals surface area contributed by atoms with Gasteiger partial charge in [-0.05, 0) is 43.7 Å². The number of hydrogen-bond acceptors (Lipinski definition) is 3. The maximum absolute atomic E-state index is 12.5. The first-order chi connectivity index (χ1) is 13.6. The normalized spacial score (nSPS) is 14.6. The number of carbonyl (C=O) groups excluding carboxylic acids is 2. The average Bonchev–Trinajstić information content (AvgIpc) is 2.69. The van der Waals surface area contributed by atoms with Crippen molar-refractivity contribution < 1.29 is 9.59 Å². The van der Waals surface area contributed by atoms with Gasteiger partial charge in [0.25, 0.3) is 5.91 Å². The van der Waals surface area contributed by atoms with E-state index in [0.717, 1.165) is 12.8 Å². The fraction of sp³-hybridized carbons (Fsp3) is 0.391. The van der Waals surface area contributed by atoms with Crippen LogP contribution in [0.15, 0.2) is 54.6 Å². The number of hydrogen-bond donors (Lipinski definition) is 2. The highest BCUT2D eigenvalue weighted by molar-refractivity contribution is 5.97. The fourth-order valence-corrected chi connectivity index (χ4v) is 3.65. The summed E-state index contributed by atoms with van der Waals surface area (Å²) in [5.41, 5.74) is 2.40. The molecule has 0 unspecified atom stereocenters. The SMILES string of the molecule is CN(CC(=O)Nc1cccc(C(=O)NC2CCCCC2)c1)Cc1ccccc1. The van der Waals surface area contributed by atoms with Crippen molar-refractivity contribution in [1.29, 1.82) is 0 Å². The maximum atomic E-state index is 12.5. The van der Waals surface area contributed by atoms with Gasteiger partial charge in [-0.25, -0.2) is 0 Å². The number of likely N-dealkylation sites (N-methyl/N-ethyl adjacent to an activating group) is 1. The first-order valence-electron chi connectivity index (χ1n) is 10.0. The summed E-state index contributed by atoms with van der Waals surface area (Å²) in [7, 11) is 1.92. The second kappa shape index (κ2) is 10.0. The minimum absolute atomic E-state index is 0.0656. The van der Waals surface area contributed by atoms with Crippen molar-refractivity contribution in [2.75, 3.05) is 18.9 Å². The summed E-state index contributed by atoms with van der Waals surface area (Å²) in [4.78, 5) is 26.8. The lowest BCUT2D eigenvalue weighted by Gasteiger charge is -2.22. The highest BCUT2D eigenvalue weighted by Crippen LogP contribution is 2.18. The van der Waals surface area contributed by atoms with Gasteiger partial charge in [-0.1, -0.05) is 55.7 Å². The van der Waals surface area contributed by atoms with Crippen LogP contribution in [0.4, 0.5) is 5.69 Å². The zero-order valence-corrected chi connectivity index (χ0v) is 16.5. The van der Waals surface area contributed by atoms with Crippen LogP contribution >= 0.6 is 0 Å². The van der Waals surface area contributed by atoms with Crippen LogP contribution in [0.3, 0.4) is 0 Å². The van der Waals surface area contributed by atoms with Gasteiger partial charge in [0, 0.05) is 23.8 Å². The molecule has 0 atom stereocenters. The summed E-state index contributed by atoms with van der Waals surface area (Å²) in [6.07, 6.45) is 5.72. The molecule has 2 aromatic rings. The largest absolute Gasteiger partial charge is 0.349 e. The lowest BCUT2D eigenvalue weighted by molar-refractivity contribution is -0.117. The van der Waals surface area contributed by atoms with Gasteiger partial charge in [-0.15, -0.1) is 0 Å². The second-order valence-corrected chi connectivity index (χ2v) is 7.60. The zero-order chi connectivity index (χ0) is 19.8. The molecular formula is C23H29N3O2. The Bertz CT molecular complexity index is 785. The summed E-state index contributed by atoms with van der Waals surface area (Å²) in [5, 5.41) is 6.01. The van der Waals surface area contributed by atoms with Gasteiger partial charge in [0.2, 0.25) is 5.91 Å². The summed E-state index contributed by atoms with van der Waals surface area (Å²) in [5.74, 6) is -0.160. The van der Waals surface area contributed by atoms with Crippen LogP contribution in [0, 0.1) is 0 Å². The first-order valence-corrected chi connectivity index (χ1v) is 10.0. The Labute approximate surface area is 167 Å². The molecular weight excluding hydrogens is 350 g/mol. The van der Waals surface area contributed by atoms with Gasteiger partial charge in [-0.2, -0.15) is 0 Å². The van der Waals surface area contributed by atoms with E-state index in [0.29, 0.717) is 17.8 Å². The maximum Gasteiger partial charge on any atom is 0.251 e. The summed E-state index contributed by atoms with van der Waals surface area (Å²) >= 11 is 0. The van der Waals surface area contributed by atoms with Crippen LogP contribution < -0.4 is 10.6 Å². The molecule has 0 heterocycles. The van der Waals surface area contributed by atoms with Crippen molar-refractivity contribution >= 4 is 17.5 Å². The van der Waals surface area contributed by atoms with Gasteiger partial charge < -0.3 is 10.6 Å². The van der Waals surface area contributed by atoms with Crippen LogP contribution in [0.25, 0.3) is 0 Å². The summed E-state index contributed by atoms with van der Waals surface area (Å²) in [6.45, 7) is 0.992. The fourth-order valence-electron chi connectivity index (χ4n) is 3.65. The van der Waals surface area contributed by atoms with Crippen molar-refractivity contribution in [3.63, 3.8) is 0 Å². The molecule has 2 N–H and O–H groups in total. The standard InChI is InChI=1S/C23H29N3O2/c1-26(16-18-9-4-2-5-10-18)17-22(27)24-21-14-8-11-19(15-21)23(28)25-20-12-6-3-7-13-20/h2,4-5,8-11,14-15,20H,3,6-7,12-13,16-17H2,1H3,(H,24,27)(H,25,28). The topological polar surface area (TPSA) is 61.4 Å². The average molecular weight is 380 g/mol. The smallest absolute Gasteiger partial charge is 0.251 e. The van der Waals surface area contributed by atoms with E-state index < -0.39 is 0 Å². The third-order valence-electron chi connectivity index (χ3n) is 5.06. The Hall–Kier alpha value is -2.66. The van der Waals surface area contributed by atoms with E-state index in [1.54, 1.807) is 18.2 Å². The number of anilines is 1. The van der Waals surface area contributed by atoms with Crippen LogP contribution in [0.1, 0.15) is 48.0 Å². The Morgan fingerprint density at radius 3 is 2.50 bits per heavy atom. The van der Waals surface area contributed by atoms with E-state index in [-0.39, 0.29) is 24.4 Å². The highest BCUT2D eigenvalue weighted by atomic mass is 16.2. The molecule has 1 aliphatic carbocycles. The lowest BCUT2D eigenvalue weighted by Crippen LogP contribution is -2.36. The summed E-state index contributed by atoms with van der Waals surface area (Å²) < 4.78 is 0. The van der Waals surface area contributed by atoms with Crippen LogP contribution in [-0.4, -0.2) is 36.3 Å². The molecule has 0 radical (unpaired) electrons. The molecule has 5 heteroatoms. The van der Waals surface area contributed by atoms with Gasteiger partial charge in [-0.3, -0.25) is 14.5 Å². The van der Waals surface area contributed by atoms with E-state index in [9.17, 15) is 9.59 Å². The van der Waals surface area contributed by atoms with Crippen molar-refractivity contribution in [2.45, 2.75) is 44.7 Å².